The van der Waals surface area contributed by atoms with E-state index in [1.165, 1.54) is 12.1 Å². The van der Waals surface area contributed by atoms with E-state index in [0.29, 0.717) is 17.7 Å². The minimum atomic E-state index is -4.55. The molecule has 0 amide bonds. The van der Waals surface area contributed by atoms with Crippen LogP contribution in [0.25, 0.3) is 0 Å². The molecule has 2 aromatic rings. The van der Waals surface area contributed by atoms with Gasteiger partial charge in [-0.15, -0.1) is 0 Å². The average Bonchev–Trinajstić information content (AvgIpc) is 2.42. The lowest BCUT2D eigenvalue weighted by Crippen LogP contribution is -2.14. The van der Waals surface area contributed by atoms with E-state index in [-0.39, 0.29) is 10.6 Å². The molecule has 0 saturated carbocycles. The Morgan fingerprint density at radius 1 is 1.00 bits per heavy atom. The van der Waals surface area contributed by atoms with Crippen molar-refractivity contribution >= 4 is 15.7 Å². The summed E-state index contributed by atoms with van der Waals surface area (Å²) in [6.07, 6.45) is -4.55. The Hall–Kier alpha value is -2.09. The Morgan fingerprint density at radius 2 is 1.59 bits per heavy atom. The van der Waals surface area contributed by atoms with E-state index < -0.39 is 27.6 Å². The van der Waals surface area contributed by atoms with Gasteiger partial charge in [-0.1, -0.05) is 6.07 Å². The van der Waals surface area contributed by atoms with Crippen molar-refractivity contribution in [1.82, 2.24) is 0 Å². The molecule has 0 bridgehead atoms. The number of alkyl halides is 3. The van der Waals surface area contributed by atoms with E-state index in [0.717, 1.165) is 18.2 Å². The lowest BCUT2D eigenvalue weighted by molar-refractivity contribution is -0.137. The maximum Gasteiger partial charge on any atom is 0.416 e. The number of rotatable bonds is 3. The van der Waals surface area contributed by atoms with Crippen LogP contribution in [0.1, 0.15) is 11.1 Å². The van der Waals surface area contributed by atoms with E-state index >= 15 is 0 Å². The Kier molecular flexibility index (Phi) is 4.15. The van der Waals surface area contributed by atoms with Crippen LogP contribution in [0.2, 0.25) is 0 Å². The molecule has 118 valence electrons. The summed E-state index contributed by atoms with van der Waals surface area (Å²) < 4.78 is 76.9. The summed E-state index contributed by atoms with van der Waals surface area (Å²) in [5, 5.41) is 0. The molecule has 0 aromatic heterocycles. The van der Waals surface area contributed by atoms with E-state index in [1.807, 2.05) is 0 Å². The molecule has 0 spiro atoms. The third-order valence-corrected chi connectivity index (χ3v) is 4.32. The largest absolute Gasteiger partial charge is 0.416 e. The van der Waals surface area contributed by atoms with Crippen LogP contribution in [0.4, 0.5) is 23.2 Å². The van der Waals surface area contributed by atoms with Gasteiger partial charge < -0.3 is 0 Å². The molecule has 0 aliphatic rings. The second-order valence-corrected chi connectivity index (χ2v) is 6.27. The standard InChI is InChI=1S/C14H11F4NO2S/c1-9-2-5-11(15)8-13(9)19-22(20,21)12-6-3-10(4-7-12)14(16,17)18/h2-8,19H,1H3. The van der Waals surface area contributed by atoms with Gasteiger partial charge in [-0.2, -0.15) is 13.2 Å². The second-order valence-electron chi connectivity index (χ2n) is 4.59. The fraction of sp³-hybridized carbons (Fsp3) is 0.143. The first-order chi connectivity index (χ1) is 10.1. The zero-order chi connectivity index (χ0) is 16.5. The Balaban J connectivity index is 2.33. The molecule has 2 rings (SSSR count). The Morgan fingerprint density at radius 3 is 2.14 bits per heavy atom. The van der Waals surface area contributed by atoms with Gasteiger partial charge in [0.25, 0.3) is 10.0 Å². The highest BCUT2D eigenvalue weighted by Gasteiger charge is 2.30. The summed E-state index contributed by atoms with van der Waals surface area (Å²) in [4.78, 5) is -0.343. The molecule has 0 atom stereocenters. The van der Waals surface area contributed by atoms with Gasteiger partial charge >= 0.3 is 6.18 Å². The Labute approximate surface area is 124 Å². The summed E-state index contributed by atoms with van der Waals surface area (Å²) >= 11 is 0. The van der Waals surface area contributed by atoms with Crippen LogP contribution in [0.3, 0.4) is 0 Å². The molecule has 0 radical (unpaired) electrons. The van der Waals surface area contributed by atoms with Crippen LogP contribution in [-0.4, -0.2) is 8.42 Å². The summed E-state index contributed by atoms with van der Waals surface area (Å²) in [5.74, 6) is -0.629. The van der Waals surface area contributed by atoms with Crippen molar-refractivity contribution in [2.45, 2.75) is 18.0 Å². The summed E-state index contributed by atoms with van der Waals surface area (Å²) in [5.41, 5.74) is -0.440. The topological polar surface area (TPSA) is 46.2 Å². The van der Waals surface area contributed by atoms with Crippen LogP contribution in [-0.2, 0) is 16.2 Å². The minimum Gasteiger partial charge on any atom is -0.279 e. The van der Waals surface area contributed by atoms with Gasteiger partial charge in [0.1, 0.15) is 5.82 Å². The van der Waals surface area contributed by atoms with Crippen molar-refractivity contribution in [2.75, 3.05) is 4.72 Å². The molecule has 0 unspecified atom stereocenters. The van der Waals surface area contributed by atoms with E-state index in [1.54, 1.807) is 6.92 Å². The normalized spacial score (nSPS) is 12.2. The van der Waals surface area contributed by atoms with Crippen molar-refractivity contribution in [3.63, 3.8) is 0 Å². The van der Waals surface area contributed by atoms with Gasteiger partial charge in [-0.05, 0) is 48.9 Å². The zero-order valence-corrected chi connectivity index (χ0v) is 12.1. The smallest absolute Gasteiger partial charge is 0.279 e. The van der Waals surface area contributed by atoms with Gasteiger partial charge in [0, 0.05) is 0 Å². The van der Waals surface area contributed by atoms with Crippen molar-refractivity contribution in [3.8, 4) is 0 Å². The predicted octanol–water partition coefficient (Wildman–Crippen LogP) is 3.95. The lowest BCUT2D eigenvalue weighted by Gasteiger charge is -2.12. The molecule has 8 heteroatoms. The van der Waals surface area contributed by atoms with Gasteiger partial charge in [-0.3, -0.25) is 4.72 Å². The number of nitrogens with one attached hydrogen (secondary N) is 1. The number of hydrogen-bond acceptors (Lipinski definition) is 2. The molecule has 3 nitrogen and oxygen atoms in total. The maximum atomic E-state index is 13.1. The SMILES string of the molecule is Cc1ccc(F)cc1NS(=O)(=O)c1ccc(C(F)(F)F)cc1. The third kappa shape index (κ3) is 3.56. The first-order valence-electron chi connectivity index (χ1n) is 6.06. The lowest BCUT2D eigenvalue weighted by atomic mass is 10.2. The van der Waals surface area contributed by atoms with E-state index in [9.17, 15) is 26.0 Å². The number of anilines is 1. The van der Waals surface area contributed by atoms with Crippen LogP contribution in [0.5, 0.6) is 0 Å². The highest BCUT2D eigenvalue weighted by atomic mass is 32.2. The van der Waals surface area contributed by atoms with Crippen molar-refractivity contribution in [2.24, 2.45) is 0 Å². The Bertz CT molecular complexity index is 783. The van der Waals surface area contributed by atoms with Gasteiger partial charge in [0.05, 0.1) is 16.1 Å². The highest BCUT2D eigenvalue weighted by Crippen LogP contribution is 2.30. The first-order valence-corrected chi connectivity index (χ1v) is 7.54. The van der Waals surface area contributed by atoms with E-state index in [4.69, 9.17) is 0 Å². The number of hydrogen-bond donors (Lipinski definition) is 1. The third-order valence-electron chi connectivity index (χ3n) is 2.94. The monoisotopic (exact) mass is 333 g/mol. The van der Waals surface area contributed by atoms with Gasteiger partial charge in [0.2, 0.25) is 0 Å². The predicted molar refractivity (Wildman–Crippen MR) is 73.4 cm³/mol. The zero-order valence-electron chi connectivity index (χ0n) is 11.3. The van der Waals surface area contributed by atoms with E-state index in [2.05, 4.69) is 4.72 Å². The fourth-order valence-electron chi connectivity index (χ4n) is 1.73. The van der Waals surface area contributed by atoms with Gasteiger partial charge in [-0.25, -0.2) is 12.8 Å². The van der Waals surface area contributed by atoms with Crippen LogP contribution >= 0.6 is 0 Å². The quantitative estimate of drug-likeness (QED) is 0.865. The number of sulfonamides is 1. The molecule has 0 aliphatic heterocycles. The number of aryl methyl sites for hydroxylation is 1. The molecule has 1 N–H and O–H groups in total. The van der Waals surface area contributed by atoms with Crippen molar-refractivity contribution in [3.05, 3.63) is 59.4 Å². The molecule has 0 heterocycles. The summed E-state index contributed by atoms with van der Waals surface area (Å²) in [7, 11) is -4.10. The number of benzene rings is 2. The second kappa shape index (κ2) is 5.60. The van der Waals surface area contributed by atoms with Crippen molar-refractivity contribution in [1.29, 1.82) is 0 Å². The molecule has 0 fully saturated rings. The van der Waals surface area contributed by atoms with Crippen LogP contribution in [0, 0.1) is 12.7 Å². The molecule has 22 heavy (non-hydrogen) atoms. The average molecular weight is 333 g/mol. The number of halogens is 4. The molecular weight excluding hydrogens is 322 g/mol. The van der Waals surface area contributed by atoms with Crippen molar-refractivity contribution < 1.29 is 26.0 Å². The molecule has 2 aromatic carbocycles. The van der Waals surface area contributed by atoms with Gasteiger partial charge in [0.15, 0.2) is 0 Å². The summed E-state index contributed by atoms with van der Waals surface area (Å²) in [6.45, 7) is 1.57. The first kappa shape index (κ1) is 16.3. The minimum absolute atomic E-state index is 0.0277. The molecule has 0 aliphatic carbocycles. The van der Waals surface area contributed by atoms with Crippen LogP contribution in [0.15, 0.2) is 47.4 Å². The fourth-order valence-corrected chi connectivity index (χ4v) is 2.85. The molecule has 0 saturated heterocycles. The molecular formula is C14H11F4NO2S. The summed E-state index contributed by atoms with van der Waals surface area (Å²) in [6, 6.07) is 6.60. The highest BCUT2D eigenvalue weighted by molar-refractivity contribution is 7.92. The maximum absolute atomic E-state index is 13.1. The van der Waals surface area contributed by atoms with Crippen LogP contribution < -0.4 is 4.72 Å².